The standard InChI is InChI=1S/C20H15N3O2S/c1-13-7-10-16-20(23-26-22-16)19(13)21-18(24)12-9-15-8-11-17(25-15)14-5-3-2-4-6-14/h2-12H,1H3,(H,21,24). The summed E-state index contributed by atoms with van der Waals surface area (Å²) < 4.78 is 14.2. The van der Waals surface area contributed by atoms with E-state index >= 15 is 0 Å². The van der Waals surface area contributed by atoms with Gasteiger partial charge in [0.2, 0.25) is 5.91 Å². The van der Waals surface area contributed by atoms with Crippen molar-refractivity contribution in [1.82, 2.24) is 8.75 Å². The van der Waals surface area contributed by atoms with Crippen LogP contribution in [-0.2, 0) is 4.79 Å². The van der Waals surface area contributed by atoms with Gasteiger partial charge in [0.1, 0.15) is 22.6 Å². The largest absolute Gasteiger partial charge is 0.457 e. The summed E-state index contributed by atoms with van der Waals surface area (Å²) in [5.74, 6) is 1.13. The molecule has 0 aliphatic heterocycles. The van der Waals surface area contributed by atoms with E-state index in [1.165, 1.54) is 6.08 Å². The number of rotatable bonds is 4. The molecule has 0 spiro atoms. The van der Waals surface area contributed by atoms with Gasteiger partial charge in [-0.2, -0.15) is 8.75 Å². The quantitative estimate of drug-likeness (QED) is 0.524. The molecule has 0 saturated heterocycles. The maximum Gasteiger partial charge on any atom is 0.248 e. The normalized spacial score (nSPS) is 11.3. The number of hydrogen-bond donors (Lipinski definition) is 1. The number of hydrogen-bond acceptors (Lipinski definition) is 5. The van der Waals surface area contributed by atoms with Crippen LogP contribution in [0.5, 0.6) is 0 Å². The molecule has 128 valence electrons. The second-order valence-corrected chi connectivity index (χ2v) is 6.31. The van der Waals surface area contributed by atoms with Crippen LogP contribution < -0.4 is 5.32 Å². The molecule has 0 saturated carbocycles. The lowest BCUT2D eigenvalue weighted by atomic mass is 10.1. The number of amides is 1. The van der Waals surface area contributed by atoms with E-state index in [0.29, 0.717) is 17.0 Å². The van der Waals surface area contributed by atoms with Gasteiger partial charge >= 0.3 is 0 Å². The van der Waals surface area contributed by atoms with Crippen molar-refractivity contribution in [2.45, 2.75) is 6.92 Å². The lowest BCUT2D eigenvalue weighted by molar-refractivity contribution is -0.111. The van der Waals surface area contributed by atoms with Gasteiger partial charge in [0.05, 0.1) is 17.4 Å². The van der Waals surface area contributed by atoms with Gasteiger partial charge in [-0.25, -0.2) is 0 Å². The van der Waals surface area contributed by atoms with Gasteiger partial charge in [0.25, 0.3) is 0 Å². The molecule has 2 heterocycles. The molecule has 4 aromatic rings. The topological polar surface area (TPSA) is 68.0 Å². The third kappa shape index (κ3) is 3.27. The van der Waals surface area contributed by atoms with Crippen LogP contribution >= 0.6 is 11.7 Å². The number of fused-ring (bicyclic) bond motifs is 1. The summed E-state index contributed by atoms with van der Waals surface area (Å²) in [6.07, 6.45) is 3.10. The van der Waals surface area contributed by atoms with Crippen LogP contribution in [0.3, 0.4) is 0 Å². The Morgan fingerprint density at radius 2 is 1.92 bits per heavy atom. The van der Waals surface area contributed by atoms with E-state index < -0.39 is 0 Å². The monoisotopic (exact) mass is 361 g/mol. The lowest BCUT2D eigenvalue weighted by Gasteiger charge is -2.06. The number of carbonyl (C=O) groups excluding carboxylic acids is 1. The van der Waals surface area contributed by atoms with Crippen LogP contribution in [0.4, 0.5) is 5.69 Å². The molecular weight excluding hydrogens is 346 g/mol. The Morgan fingerprint density at radius 1 is 1.08 bits per heavy atom. The van der Waals surface area contributed by atoms with Crippen molar-refractivity contribution in [2.75, 3.05) is 5.32 Å². The Bertz CT molecular complexity index is 1100. The van der Waals surface area contributed by atoms with E-state index in [1.54, 1.807) is 6.08 Å². The first kappa shape index (κ1) is 16.2. The number of benzene rings is 2. The van der Waals surface area contributed by atoms with Crippen LogP contribution in [0, 0.1) is 6.92 Å². The van der Waals surface area contributed by atoms with Gasteiger partial charge in [-0.1, -0.05) is 36.4 Å². The molecule has 0 radical (unpaired) electrons. The zero-order valence-corrected chi connectivity index (χ0v) is 14.8. The van der Waals surface area contributed by atoms with Gasteiger partial charge in [0.15, 0.2) is 0 Å². The molecule has 0 unspecified atom stereocenters. The molecule has 0 bridgehead atoms. The van der Waals surface area contributed by atoms with E-state index in [-0.39, 0.29) is 5.91 Å². The van der Waals surface area contributed by atoms with Crippen molar-refractivity contribution in [3.8, 4) is 11.3 Å². The van der Waals surface area contributed by atoms with Crippen molar-refractivity contribution >= 4 is 40.4 Å². The van der Waals surface area contributed by atoms with Crippen molar-refractivity contribution in [3.63, 3.8) is 0 Å². The van der Waals surface area contributed by atoms with Gasteiger partial charge in [-0.05, 0) is 36.8 Å². The third-order valence-electron chi connectivity index (χ3n) is 3.97. The summed E-state index contributed by atoms with van der Waals surface area (Å²) in [5.41, 5.74) is 4.11. The van der Waals surface area contributed by atoms with Crippen molar-refractivity contribution < 1.29 is 9.21 Å². The molecule has 0 aliphatic carbocycles. The zero-order chi connectivity index (χ0) is 17.9. The fourth-order valence-electron chi connectivity index (χ4n) is 2.63. The maximum absolute atomic E-state index is 12.3. The second kappa shape index (κ2) is 6.93. The Morgan fingerprint density at radius 3 is 2.77 bits per heavy atom. The summed E-state index contributed by atoms with van der Waals surface area (Å²) in [4.78, 5) is 12.3. The molecule has 0 fully saturated rings. The number of aryl methyl sites for hydroxylation is 1. The van der Waals surface area contributed by atoms with Gasteiger partial charge in [-0.3, -0.25) is 4.79 Å². The minimum atomic E-state index is -0.244. The van der Waals surface area contributed by atoms with Crippen molar-refractivity contribution in [3.05, 3.63) is 72.0 Å². The first-order valence-electron chi connectivity index (χ1n) is 8.07. The van der Waals surface area contributed by atoms with Crippen LogP contribution in [-0.4, -0.2) is 14.7 Å². The van der Waals surface area contributed by atoms with E-state index in [0.717, 1.165) is 34.1 Å². The molecular formula is C20H15N3O2S. The predicted octanol–water partition coefficient (Wildman–Crippen LogP) is 4.91. The second-order valence-electron chi connectivity index (χ2n) is 5.78. The average Bonchev–Trinajstić information content (AvgIpc) is 3.32. The summed E-state index contributed by atoms with van der Waals surface area (Å²) in [5, 5.41) is 2.88. The zero-order valence-electron chi connectivity index (χ0n) is 14.0. The van der Waals surface area contributed by atoms with E-state index in [1.807, 2.05) is 61.5 Å². The number of carbonyl (C=O) groups is 1. The molecule has 5 nitrogen and oxygen atoms in total. The number of nitrogens with zero attached hydrogens (tertiary/aromatic N) is 2. The van der Waals surface area contributed by atoms with Crippen molar-refractivity contribution in [1.29, 1.82) is 0 Å². The number of nitrogens with one attached hydrogen (secondary N) is 1. The molecule has 2 aromatic carbocycles. The number of aromatic nitrogens is 2. The fourth-order valence-corrected chi connectivity index (χ4v) is 3.18. The number of anilines is 1. The minimum Gasteiger partial charge on any atom is -0.457 e. The maximum atomic E-state index is 12.3. The highest BCUT2D eigenvalue weighted by atomic mass is 32.1. The summed E-state index contributed by atoms with van der Waals surface area (Å²) in [7, 11) is 0. The summed E-state index contributed by atoms with van der Waals surface area (Å²) >= 11 is 1.13. The SMILES string of the molecule is Cc1ccc2nsnc2c1NC(=O)C=Cc1ccc(-c2ccccc2)o1. The average molecular weight is 361 g/mol. The first-order valence-corrected chi connectivity index (χ1v) is 8.80. The van der Waals surface area contributed by atoms with Gasteiger partial charge < -0.3 is 9.73 Å². The van der Waals surface area contributed by atoms with Crippen LogP contribution in [0.1, 0.15) is 11.3 Å². The lowest BCUT2D eigenvalue weighted by Crippen LogP contribution is -2.09. The highest BCUT2D eigenvalue weighted by Gasteiger charge is 2.10. The molecule has 26 heavy (non-hydrogen) atoms. The molecule has 6 heteroatoms. The van der Waals surface area contributed by atoms with Crippen molar-refractivity contribution in [2.24, 2.45) is 0 Å². The predicted molar refractivity (Wildman–Crippen MR) is 104 cm³/mol. The van der Waals surface area contributed by atoms with E-state index in [9.17, 15) is 4.79 Å². The molecule has 1 amide bonds. The molecule has 0 atom stereocenters. The highest BCUT2D eigenvalue weighted by molar-refractivity contribution is 7.00. The molecule has 1 N–H and O–H groups in total. The first-order chi connectivity index (χ1) is 12.7. The van der Waals surface area contributed by atoms with E-state index in [4.69, 9.17) is 4.42 Å². The van der Waals surface area contributed by atoms with Crippen LogP contribution in [0.2, 0.25) is 0 Å². The van der Waals surface area contributed by atoms with Crippen LogP contribution in [0.25, 0.3) is 28.4 Å². The van der Waals surface area contributed by atoms with Crippen LogP contribution in [0.15, 0.2) is 65.1 Å². The minimum absolute atomic E-state index is 0.244. The summed E-state index contributed by atoms with van der Waals surface area (Å²) in [6, 6.07) is 17.4. The Labute approximate surface area is 154 Å². The van der Waals surface area contributed by atoms with E-state index in [2.05, 4.69) is 14.1 Å². The molecule has 0 aliphatic rings. The smallest absolute Gasteiger partial charge is 0.248 e. The van der Waals surface area contributed by atoms with Gasteiger partial charge in [-0.15, -0.1) is 0 Å². The Kier molecular flexibility index (Phi) is 4.33. The number of furan rings is 1. The Hall–Kier alpha value is -3.25. The Balaban J connectivity index is 1.51. The molecule has 4 rings (SSSR count). The third-order valence-corrected chi connectivity index (χ3v) is 4.51. The van der Waals surface area contributed by atoms with Gasteiger partial charge in [0, 0.05) is 11.6 Å². The highest BCUT2D eigenvalue weighted by Crippen LogP contribution is 2.26. The molecule has 2 aromatic heterocycles. The summed E-state index contributed by atoms with van der Waals surface area (Å²) in [6.45, 7) is 1.93. The fraction of sp³-hybridized carbons (Fsp3) is 0.0500.